The van der Waals surface area contributed by atoms with Gasteiger partial charge in [0.25, 0.3) is 5.56 Å². The van der Waals surface area contributed by atoms with E-state index in [1.807, 2.05) is 6.92 Å². The molecule has 1 aliphatic heterocycles. The summed E-state index contributed by atoms with van der Waals surface area (Å²) in [6.45, 7) is 2.27. The molecule has 1 atom stereocenters. The second kappa shape index (κ2) is 11.4. The summed E-state index contributed by atoms with van der Waals surface area (Å²) in [4.78, 5) is 56.8. The summed E-state index contributed by atoms with van der Waals surface area (Å²) in [5.74, 6) is -3.32. The van der Waals surface area contributed by atoms with Crippen molar-refractivity contribution in [2.45, 2.75) is 38.3 Å². The normalized spacial score (nSPS) is 14.7. The number of carbonyl (C=O) groups excluding carboxylic acids is 3. The van der Waals surface area contributed by atoms with Crippen LogP contribution in [0.4, 0.5) is 36.3 Å². The van der Waals surface area contributed by atoms with Crippen LogP contribution in [0.5, 0.6) is 0 Å². The lowest BCUT2D eigenvalue weighted by atomic mass is 9.92. The van der Waals surface area contributed by atoms with Gasteiger partial charge < -0.3 is 20.7 Å². The zero-order chi connectivity index (χ0) is 28.2. The highest BCUT2D eigenvalue weighted by atomic mass is 19.4. The Morgan fingerprint density at radius 1 is 1.10 bits per heavy atom. The molecule has 2 amide bonds. The molecule has 0 fully saturated rings. The average molecular weight is 544 g/mol. The largest absolute Gasteiger partial charge is 0.462 e. The maximum Gasteiger partial charge on any atom is 0.416 e. The second-order valence-electron chi connectivity index (χ2n) is 8.74. The van der Waals surface area contributed by atoms with Crippen LogP contribution < -0.4 is 21.5 Å². The Kier molecular flexibility index (Phi) is 7.98. The van der Waals surface area contributed by atoms with Gasteiger partial charge in [-0.1, -0.05) is 19.4 Å². The van der Waals surface area contributed by atoms with Gasteiger partial charge in [0.05, 0.1) is 29.2 Å². The molecule has 0 bridgehead atoms. The Labute approximate surface area is 220 Å². The van der Waals surface area contributed by atoms with E-state index in [9.17, 15) is 32.3 Å². The van der Waals surface area contributed by atoms with Crippen LogP contribution in [-0.4, -0.2) is 34.4 Å². The van der Waals surface area contributed by atoms with Crippen molar-refractivity contribution in [2.75, 3.05) is 22.6 Å². The number of alkyl halides is 3. The van der Waals surface area contributed by atoms with Crippen molar-refractivity contribution in [3.8, 4) is 0 Å². The number of nitrogens with zero attached hydrogens (tertiary/aromatic N) is 1. The summed E-state index contributed by atoms with van der Waals surface area (Å²) in [6.07, 6.45) is -3.27. The van der Waals surface area contributed by atoms with Gasteiger partial charge >= 0.3 is 12.1 Å². The average Bonchev–Trinajstić information content (AvgIpc) is 2.88. The molecular weight excluding hydrogens is 519 g/mol. The number of unbranched alkanes of at least 4 members (excludes halogenated alkanes) is 1. The van der Waals surface area contributed by atoms with Crippen molar-refractivity contribution in [1.82, 2.24) is 9.97 Å². The van der Waals surface area contributed by atoms with E-state index >= 15 is 0 Å². The number of nitrogens with one attached hydrogen (secondary N) is 4. The number of amides is 2. The standard InChI is InChI=1S/C26H24F3N5O5/c1-2-3-11-39-24(38)14-7-9-16(10-8-14)30-22(36)18-13-19(35)32-21-20(18)23(37)34-25(33-21)31-17-6-4-5-15(12-17)26(27,28)29/h4-10,12,18H,2-3,11,13H2,1H3,(H,30,36)(H3,31,32,33,34,35,37)/t18-/m1/s1. The number of rotatable bonds is 8. The van der Waals surface area contributed by atoms with E-state index in [2.05, 4.69) is 25.9 Å². The highest BCUT2D eigenvalue weighted by molar-refractivity contribution is 6.04. The topological polar surface area (TPSA) is 142 Å². The number of ether oxygens (including phenoxy) is 1. The number of benzene rings is 2. The van der Waals surface area contributed by atoms with Crippen LogP contribution in [0.15, 0.2) is 53.3 Å². The van der Waals surface area contributed by atoms with Crippen molar-refractivity contribution in [3.05, 3.63) is 75.6 Å². The van der Waals surface area contributed by atoms with Crippen molar-refractivity contribution in [2.24, 2.45) is 0 Å². The highest BCUT2D eigenvalue weighted by Gasteiger charge is 2.35. The van der Waals surface area contributed by atoms with Crippen LogP contribution in [0, 0.1) is 0 Å². The number of aromatic nitrogens is 2. The molecule has 0 saturated carbocycles. The summed E-state index contributed by atoms with van der Waals surface area (Å²) < 4.78 is 44.2. The maximum atomic E-state index is 13.0. The fourth-order valence-electron chi connectivity index (χ4n) is 3.88. The first-order chi connectivity index (χ1) is 18.5. The fourth-order valence-corrected chi connectivity index (χ4v) is 3.88. The molecule has 0 unspecified atom stereocenters. The molecular formula is C26H24F3N5O5. The van der Waals surface area contributed by atoms with Crippen molar-refractivity contribution in [1.29, 1.82) is 0 Å². The molecule has 4 rings (SSSR count). The molecule has 0 spiro atoms. The van der Waals surface area contributed by atoms with Crippen molar-refractivity contribution in [3.63, 3.8) is 0 Å². The molecule has 39 heavy (non-hydrogen) atoms. The third-order valence-corrected chi connectivity index (χ3v) is 5.84. The minimum absolute atomic E-state index is 0.00189. The number of hydrogen-bond acceptors (Lipinski definition) is 7. The Hall–Kier alpha value is -4.68. The van der Waals surface area contributed by atoms with E-state index in [0.29, 0.717) is 17.9 Å². The number of anilines is 4. The van der Waals surface area contributed by atoms with E-state index in [-0.39, 0.29) is 29.4 Å². The lowest BCUT2D eigenvalue weighted by Gasteiger charge is -2.23. The first kappa shape index (κ1) is 27.4. The van der Waals surface area contributed by atoms with Crippen molar-refractivity contribution >= 4 is 40.9 Å². The number of aromatic amines is 1. The molecule has 1 aliphatic rings. The van der Waals surface area contributed by atoms with Gasteiger partial charge in [-0.25, -0.2) is 4.79 Å². The van der Waals surface area contributed by atoms with Crippen LogP contribution in [0.25, 0.3) is 0 Å². The Morgan fingerprint density at radius 3 is 2.54 bits per heavy atom. The van der Waals surface area contributed by atoms with Crippen molar-refractivity contribution < 1.29 is 32.3 Å². The predicted molar refractivity (Wildman–Crippen MR) is 136 cm³/mol. The van der Waals surface area contributed by atoms with E-state index in [1.165, 1.54) is 36.4 Å². The van der Waals surface area contributed by atoms with Gasteiger partial charge in [-0.15, -0.1) is 0 Å². The molecule has 0 radical (unpaired) electrons. The molecule has 3 aromatic rings. The van der Waals surface area contributed by atoms with Gasteiger partial charge in [0.1, 0.15) is 5.82 Å². The van der Waals surface area contributed by atoms with Crippen LogP contribution in [0.2, 0.25) is 0 Å². The summed E-state index contributed by atoms with van der Waals surface area (Å²) in [7, 11) is 0. The quantitative estimate of drug-likeness (QED) is 0.241. The van der Waals surface area contributed by atoms with E-state index in [1.54, 1.807) is 0 Å². The third-order valence-electron chi connectivity index (χ3n) is 5.84. The molecule has 2 aromatic carbocycles. The van der Waals surface area contributed by atoms with Gasteiger partial charge in [-0.3, -0.25) is 19.4 Å². The number of carbonyl (C=O) groups is 3. The molecule has 13 heteroatoms. The highest BCUT2D eigenvalue weighted by Crippen LogP contribution is 2.32. The SMILES string of the molecule is CCCCOC(=O)c1ccc(NC(=O)[C@@H]2CC(=O)Nc3nc(Nc4cccc(C(F)(F)F)c4)[nH]c(=O)c32)cc1. The minimum atomic E-state index is -4.57. The number of H-pyrrole nitrogens is 1. The summed E-state index contributed by atoms with van der Waals surface area (Å²) in [5.41, 5.74) is -1.13. The first-order valence-electron chi connectivity index (χ1n) is 12.0. The van der Waals surface area contributed by atoms with E-state index in [0.717, 1.165) is 25.0 Å². The van der Waals surface area contributed by atoms with Crippen LogP contribution in [-0.2, 0) is 20.5 Å². The molecule has 10 nitrogen and oxygen atoms in total. The maximum absolute atomic E-state index is 13.0. The Bertz CT molecular complexity index is 1450. The predicted octanol–water partition coefficient (Wildman–Crippen LogP) is 4.55. The minimum Gasteiger partial charge on any atom is -0.462 e. The van der Waals surface area contributed by atoms with Gasteiger partial charge in [-0.2, -0.15) is 18.2 Å². The van der Waals surface area contributed by atoms with Gasteiger partial charge in [0, 0.05) is 17.8 Å². The van der Waals surface area contributed by atoms with Gasteiger partial charge in [0.2, 0.25) is 17.8 Å². The van der Waals surface area contributed by atoms with Crippen LogP contribution >= 0.6 is 0 Å². The summed E-state index contributed by atoms with van der Waals surface area (Å²) in [5, 5.41) is 7.63. The Morgan fingerprint density at radius 2 is 1.85 bits per heavy atom. The number of halogens is 3. The van der Waals surface area contributed by atoms with E-state index < -0.39 is 41.0 Å². The first-order valence-corrected chi connectivity index (χ1v) is 12.0. The fraction of sp³-hybridized carbons (Fsp3) is 0.269. The zero-order valence-corrected chi connectivity index (χ0v) is 20.6. The smallest absolute Gasteiger partial charge is 0.416 e. The molecule has 204 valence electrons. The number of hydrogen-bond donors (Lipinski definition) is 4. The number of fused-ring (bicyclic) bond motifs is 1. The third kappa shape index (κ3) is 6.61. The summed E-state index contributed by atoms with van der Waals surface area (Å²) >= 11 is 0. The van der Waals surface area contributed by atoms with Crippen LogP contribution in [0.1, 0.15) is 53.6 Å². The molecule has 4 N–H and O–H groups in total. The van der Waals surface area contributed by atoms with E-state index in [4.69, 9.17) is 4.74 Å². The molecule has 0 aliphatic carbocycles. The number of esters is 1. The second-order valence-corrected chi connectivity index (χ2v) is 8.74. The summed E-state index contributed by atoms with van der Waals surface area (Å²) in [6, 6.07) is 10.2. The lowest BCUT2D eigenvalue weighted by Crippen LogP contribution is -2.36. The zero-order valence-electron chi connectivity index (χ0n) is 20.6. The lowest BCUT2D eigenvalue weighted by molar-refractivity contribution is -0.137. The van der Waals surface area contributed by atoms with Gasteiger partial charge in [-0.05, 0) is 48.9 Å². The van der Waals surface area contributed by atoms with Crippen LogP contribution in [0.3, 0.4) is 0 Å². The van der Waals surface area contributed by atoms with Gasteiger partial charge in [0.15, 0.2) is 0 Å². The Balaban J connectivity index is 1.51. The molecule has 2 heterocycles. The molecule has 1 aromatic heterocycles. The monoisotopic (exact) mass is 543 g/mol. The molecule has 0 saturated heterocycles.